The number of aliphatic carboxylic acids is 1. The smallest absolute Gasteiger partial charge is 0.433 e. The number of pyridine rings is 1. The van der Waals surface area contributed by atoms with Crippen LogP contribution in [0.4, 0.5) is 13.2 Å². The predicted octanol–water partition coefficient (Wildman–Crippen LogP) is 5.56. The molecular formula is C25H29Cl2F3N4O5. The van der Waals surface area contributed by atoms with E-state index >= 15 is 0 Å². The standard InChI is InChI=1S/C25H29Cl2F3N4O5/c1-24(2,3)39-9-8-33(13-19(35)20-17(26)11-31-12-18(20)27)22(36)16-10-32-34(21(16)25(28,29)30)15-6-4-14(5-7-15)23(37)38/h10-12,14-15H,4-9,13H2,1-3H3,(H,37,38). The van der Waals surface area contributed by atoms with Crippen LogP contribution in [0, 0.1) is 5.92 Å². The lowest BCUT2D eigenvalue weighted by atomic mass is 9.86. The molecule has 14 heteroatoms. The Morgan fingerprint density at radius 2 is 1.67 bits per heavy atom. The van der Waals surface area contributed by atoms with Crippen molar-refractivity contribution in [2.24, 2.45) is 5.92 Å². The van der Waals surface area contributed by atoms with Crippen molar-refractivity contribution in [3.05, 3.63) is 45.5 Å². The number of carboxylic acids is 1. The van der Waals surface area contributed by atoms with Crippen molar-refractivity contribution in [2.45, 2.75) is 64.3 Å². The topological polar surface area (TPSA) is 115 Å². The number of nitrogens with zero attached hydrogens (tertiary/aromatic N) is 4. The quantitative estimate of drug-likeness (QED) is 0.379. The van der Waals surface area contributed by atoms with Crippen molar-refractivity contribution >= 4 is 40.9 Å². The Hall–Kier alpha value is -2.70. The SMILES string of the molecule is CC(C)(C)OCCN(CC(=O)c1c(Cl)cncc1Cl)C(=O)c1cnn(C2CCC(C(=O)O)CC2)c1C(F)(F)F. The molecule has 2 heterocycles. The maximum atomic E-state index is 14.3. The maximum absolute atomic E-state index is 14.3. The number of halogens is 5. The lowest BCUT2D eigenvalue weighted by Crippen LogP contribution is -2.40. The number of ether oxygens (including phenoxy) is 1. The molecule has 39 heavy (non-hydrogen) atoms. The van der Waals surface area contributed by atoms with Gasteiger partial charge in [0, 0.05) is 18.9 Å². The fourth-order valence-corrected chi connectivity index (χ4v) is 5.04. The van der Waals surface area contributed by atoms with E-state index in [9.17, 15) is 32.7 Å². The number of rotatable bonds is 9. The van der Waals surface area contributed by atoms with Gasteiger partial charge in [0.25, 0.3) is 5.91 Å². The van der Waals surface area contributed by atoms with Crippen LogP contribution in [-0.4, -0.2) is 67.7 Å². The number of hydrogen-bond acceptors (Lipinski definition) is 6. The second-order valence-electron chi connectivity index (χ2n) is 10.3. The first kappa shape index (κ1) is 30.8. The summed E-state index contributed by atoms with van der Waals surface area (Å²) in [6.45, 7) is 4.43. The molecule has 0 aromatic carbocycles. The van der Waals surface area contributed by atoms with Gasteiger partial charge < -0.3 is 14.7 Å². The first-order chi connectivity index (χ1) is 18.1. The number of hydrogen-bond donors (Lipinski definition) is 1. The minimum absolute atomic E-state index is 0.0605. The lowest BCUT2D eigenvalue weighted by Gasteiger charge is -2.28. The summed E-state index contributed by atoms with van der Waals surface area (Å²) < 4.78 is 49.3. The molecule has 214 valence electrons. The number of carbonyl (C=O) groups is 3. The number of aromatic nitrogens is 3. The molecule has 1 fully saturated rings. The molecule has 3 rings (SSSR count). The third kappa shape index (κ3) is 7.70. The lowest BCUT2D eigenvalue weighted by molar-refractivity contribution is -0.147. The van der Waals surface area contributed by atoms with Crippen molar-refractivity contribution in [1.82, 2.24) is 19.7 Å². The highest BCUT2D eigenvalue weighted by Crippen LogP contribution is 2.39. The molecule has 2 aromatic heterocycles. The van der Waals surface area contributed by atoms with Crippen molar-refractivity contribution < 1.29 is 37.4 Å². The molecule has 1 aliphatic rings. The normalized spacial score (nSPS) is 18.2. The Balaban J connectivity index is 1.94. The predicted molar refractivity (Wildman–Crippen MR) is 136 cm³/mol. The summed E-state index contributed by atoms with van der Waals surface area (Å²) in [5.74, 6) is -3.39. The average molecular weight is 593 g/mol. The van der Waals surface area contributed by atoms with E-state index in [1.807, 2.05) is 0 Å². The van der Waals surface area contributed by atoms with Crippen LogP contribution in [0.5, 0.6) is 0 Å². The van der Waals surface area contributed by atoms with Crippen molar-refractivity contribution in [3.8, 4) is 0 Å². The van der Waals surface area contributed by atoms with Crippen molar-refractivity contribution in [2.75, 3.05) is 19.7 Å². The van der Waals surface area contributed by atoms with Crippen LogP contribution in [-0.2, 0) is 15.7 Å². The third-order valence-electron chi connectivity index (χ3n) is 6.34. The van der Waals surface area contributed by atoms with Crippen LogP contribution in [0.15, 0.2) is 18.6 Å². The van der Waals surface area contributed by atoms with Crippen LogP contribution in [0.3, 0.4) is 0 Å². The molecule has 0 aliphatic heterocycles. The van der Waals surface area contributed by atoms with Gasteiger partial charge in [-0.1, -0.05) is 23.2 Å². The Kier molecular flexibility index (Phi) is 9.66. The summed E-state index contributed by atoms with van der Waals surface area (Å²) in [5.41, 5.74) is -2.68. The Morgan fingerprint density at radius 3 is 2.18 bits per heavy atom. The average Bonchev–Trinajstić information content (AvgIpc) is 3.28. The number of ketones is 1. The van der Waals surface area contributed by atoms with Gasteiger partial charge in [0.2, 0.25) is 0 Å². The minimum Gasteiger partial charge on any atom is -0.481 e. The van der Waals surface area contributed by atoms with Crippen molar-refractivity contribution in [3.63, 3.8) is 0 Å². The van der Waals surface area contributed by atoms with E-state index in [-0.39, 0.29) is 54.4 Å². The number of carboxylic acid groups (broad SMARTS) is 1. The zero-order valence-corrected chi connectivity index (χ0v) is 23.1. The van der Waals surface area contributed by atoms with E-state index in [1.165, 1.54) is 12.4 Å². The molecule has 0 saturated heterocycles. The molecule has 9 nitrogen and oxygen atoms in total. The van der Waals surface area contributed by atoms with Gasteiger partial charge in [0.15, 0.2) is 11.5 Å². The Labute approximate surface area is 233 Å². The van der Waals surface area contributed by atoms with E-state index in [2.05, 4.69) is 10.1 Å². The molecule has 0 atom stereocenters. The summed E-state index contributed by atoms with van der Waals surface area (Å²) in [7, 11) is 0. The van der Waals surface area contributed by atoms with Gasteiger partial charge >= 0.3 is 12.1 Å². The van der Waals surface area contributed by atoms with Crippen LogP contribution in [0.25, 0.3) is 0 Å². The molecule has 0 radical (unpaired) electrons. The van der Waals surface area contributed by atoms with Crippen LogP contribution in [0.1, 0.15) is 78.9 Å². The molecule has 1 amide bonds. The maximum Gasteiger partial charge on any atom is 0.433 e. The highest BCUT2D eigenvalue weighted by atomic mass is 35.5. The molecule has 0 unspecified atom stereocenters. The number of alkyl halides is 3. The molecule has 0 bridgehead atoms. The summed E-state index contributed by atoms with van der Waals surface area (Å²) in [4.78, 5) is 42.6. The highest BCUT2D eigenvalue weighted by Gasteiger charge is 2.43. The molecule has 2 aromatic rings. The van der Waals surface area contributed by atoms with E-state index in [4.69, 9.17) is 27.9 Å². The summed E-state index contributed by atoms with van der Waals surface area (Å²) in [6, 6.07) is -0.729. The number of Topliss-reactive ketones (excluding diaryl/α,β-unsaturated/α-hetero) is 1. The first-order valence-electron chi connectivity index (χ1n) is 12.2. The highest BCUT2D eigenvalue weighted by molar-refractivity contribution is 6.39. The molecule has 1 saturated carbocycles. The van der Waals surface area contributed by atoms with E-state index < -0.39 is 59.2 Å². The van der Waals surface area contributed by atoms with Gasteiger partial charge in [-0.15, -0.1) is 0 Å². The minimum atomic E-state index is -4.94. The molecule has 1 N–H and O–H groups in total. The van der Waals surface area contributed by atoms with Gasteiger partial charge in [-0.3, -0.25) is 24.0 Å². The van der Waals surface area contributed by atoms with Gasteiger partial charge in [0.05, 0.1) is 58.1 Å². The Morgan fingerprint density at radius 1 is 1.08 bits per heavy atom. The fraction of sp³-hybridized carbons (Fsp3) is 0.560. The number of amides is 1. The monoisotopic (exact) mass is 592 g/mol. The molecular weight excluding hydrogens is 564 g/mol. The van der Waals surface area contributed by atoms with Gasteiger partial charge in [-0.25, -0.2) is 0 Å². The van der Waals surface area contributed by atoms with E-state index in [0.717, 1.165) is 15.8 Å². The van der Waals surface area contributed by atoms with Crippen LogP contribution >= 0.6 is 23.2 Å². The van der Waals surface area contributed by atoms with E-state index in [0.29, 0.717) is 0 Å². The van der Waals surface area contributed by atoms with Gasteiger partial charge in [-0.05, 0) is 46.5 Å². The third-order valence-corrected chi connectivity index (χ3v) is 6.91. The second-order valence-corrected chi connectivity index (χ2v) is 11.1. The van der Waals surface area contributed by atoms with Gasteiger partial charge in [0.1, 0.15) is 0 Å². The molecule has 1 aliphatic carbocycles. The van der Waals surface area contributed by atoms with Gasteiger partial charge in [-0.2, -0.15) is 18.3 Å². The van der Waals surface area contributed by atoms with Crippen LogP contribution < -0.4 is 0 Å². The zero-order chi connectivity index (χ0) is 29.1. The largest absolute Gasteiger partial charge is 0.481 e. The Bertz CT molecular complexity index is 1200. The fourth-order valence-electron chi connectivity index (χ4n) is 4.46. The second kappa shape index (κ2) is 12.2. The summed E-state index contributed by atoms with van der Waals surface area (Å²) in [6.07, 6.45) is -1.01. The van der Waals surface area contributed by atoms with Crippen molar-refractivity contribution in [1.29, 1.82) is 0 Å². The first-order valence-corrected chi connectivity index (χ1v) is 13.0. The van der Waals surface area contributed by atoms with E-state index in [1.54, 1.807) is 20.8 Å². The zero-order valence-electron chi connectivity index (χ0n) is 21.6. The summed E-state index contributed by atoms with van der Waals surface area (Å²) >= 11 is 12.2. The summed E-state index contributed by atoms with van der Waals surface area (Å²) in [5, 5.41) is 13.0. The van der Waals surface area contributed by atoms with Crippen LogP contribution in [0.2, 0.25) is 10.0 Å². The number of carbonyl (C=O) groups excluding carboxylic acids is 2. The molecule has 0 spiro atoms.